The number of aromatic nitrogens is 6. The summed E-state index contributed by atoms with van der Waals surface area (Å²) in [5, 5.41) is 13.2. The molecule has 0 unspecified atom stereocenters. The van der Waals surface area contributed by atoms with Crippen LogP contribution in [0.5, 0.6) is 0 Å². The van der Waals surface area contributed by atoms with Crippen LogP contribution in [0.2, 0.25) is 15.5 Å². The first-order chi connectivity index (χ1) is 21.9. The lowest BCUT2D eigenvalue weighted by Gasteiger charge is -2.36. The Hall–Kier alpha value is -3.39. The van der Waals surface area contributed by atoms with Gasteiger partial charge in [0.1, 0.15) is 0 Å². The molecule has 0 saturated heterocycles. The topological polar surface area (TPSA) is 139 Å². The molecular formula is C30H29Cl3N10S2. The Labute approximate surface area is 282 Å². The monoisotopic (exact) mass is 698 g/mol. The molecule has 8 rings (SSSR count). The summed E-state index contributed by atoms with van der Waals surface area (Å²) >= 11 is 20.2. The molecule has 15 heteroatoms. The van der Waals surface area contributed by atoms with Crippen molar-refractivity contribution in [3.63, 3.8) is 0 Å². The largest absolute Gasteiger partial charge is 0.365 e. The molecule has 2 aliphatic carbocycles. The van der Waals surface area contributed by atoms with Crippen molar-refractivity contribution in [1.29, 1.82) is 0 Å². The van der Waals surface area contributed by atoms with E-state index in [1.54, 1.807) is 35.1 Å². The minimum absolute atomic E-state index is 0.245. The number of hydrogen-bond acceptors (Lipinski definition) is 12. The molecule has 10 nitrogen and oxygen atoms in total. The van der Waals surface area contributed by atoms with Gasteiger partial charge in [-0.2, -0.15) is 0 Å². The van der Waals surface area contributed by atoms with Crippen LogP contribution in [0.3, 0.4) is 0 Å². The number of thiazole rings is 2. The summed E-state index contributed by atoms with van der Waals surface area (Å²) in [5.41, 5.74) is 7.87. The summed E-state index contributed by atoms with van der Waals surface area (Å²) in [4.78, 5) is 24.6. The molecular weight excluding hydrogens is 671 g/mol. The number of halogens is 3. The number of nitrogens with two attached hydrogens (primary N) is 1. The van der Waals surface area contributed by atoms with Crippen molar-refractivity contribution >= 4 is 94.0 Å². The zero-order valence-corrected chi connectivity index (χ0v) is 27.7. The highest BCUT2D eigenvalue weighted by molar-refractivity contribution is 7.22. The van der Waals surface area contributed by atoms with Crippen molar-refractivity contribution in [3.8, 4) is 0 Å². The standard InChI is InChI=1S/C15H14ClN5S.C11H13N3S.C4H2Cl2N2/c16-13-14(18-6-5-17-13)19-9-7-10(8-9)20-15-21-11-3-1-2-4-12(11)22-15;12-7-5-8(6-7)13-11-14-9-3-1-2-4-10(9)15-11;5-3-4(6)8-2-1-7-3/h1-6,9-10H,7-8H2,(H,18,19)(H,20,21);1-4,7-8H,5-6,12H2,(H,13,14);1-2H. The molecule has 2 aliphatic rings. The van der Waals surface area contributed by atoms with E-state index in [2.05, 4.69) is 58.0 Å². The van der Waals surface area contributed by atoms with Crippen molar-refractivity contribution in [2.75, 3.05) is 16.0 Å². The highest BCUT2D eigenvalue weighted by Crippen LogP contribution is 2.32. The number of benzene rings is 2. The number of fused-ring (bicyclic) bond motifs is 2. The van der Waals surface area contributed by atoms with E-state index >= 15 is 0 Å². The lowest BCUT2D eigenvalue weighted by molar-refractivity contribution is 0.373. The van der Waals surface area contributed by atoms with Gasteiger partial charge in [-0.3, -0.25) is 0 Å². The molecule has 4 aromatic heterocycles. The second-order valence-corrected chi connectivity index (χ2v) is 13.7. The van der Waals surface area contributed by atoms with Crippen molar-refractivity contribution in [3.05, 3.63) is 88.8 Å². The van der Waals surface area contributed by atoms with Gasteiger partial charge >= 0.3 is 0 Å². The highest BCUT2D eigenvalue weighted by atomic mass is 35.5. The van der Waals surface area contributed by atoms with E-state index in [1.165, 1.54) is 21.8 Å². The van der Waals surface area contributed by atoms with Gasteiger partial charge in [0, 0.05) is 49.0 Å². The smallest absolute Gasteiger partial charge is 0.184 e. The molecule has 232 valence electrons. The van der Waals surface area contributed by atoms with Crippen molar-refractivity contribution in [1.82, 2.24) is 29.9 Å². The number of anilines is 3. The average molecular weight is 700 g/mol. The minimum Gasteiger partial charge on any atom is -0.365 e. The predicted molar refractivity (Wildman–Crippen MR) is 187 cm³/mol. The van der Waals surface area contributed by atoms with Crippen molar-refractivity contribution in [2.24, 2.45) is 5.73 Å². The van der Waals surface area contributed by atoms with Gasteiger partial charge in [0.15, 0.2) is 31.5 Å². The minimum atomic E-state index is 0.245. The Balaban J connectivity index is 0.000000134. The molecule has 6 aromatic rings. The Morgan fingerprint density at radius 1 is 0.578 bits per heavy atom. The number of hydrogen-bond donors (Lipinski definition) is 4. The van der Waals surface area contributed by atoms with E-state index in [9.17, 15) is 0 Å². The molecule has 0 radical (unpaired) electrons. The molecule has 2 saturated carbocycles. The Bertz CT molecular complexity index is 1770. The number of para-hydroxylation sites is 2. The first kappa shape index (κ1) is 31.6. The summed E-state index contributed by atoms with van der Waals surface area (Å²) in [6.45, 7) is 0. The van der Waals surface area contributed by atoms with E-state index in [4.69, 9.17) is 40.5 Å². The van der Waals surface area contributed by atoms with Gasteiger partial charge in [0.05, 0.1) is 20.4 Å². The molecule has 0 spiro atoms. The number of nitrogens with one attached hydrogen (secondary N) is 3. The van der Waals surface area contributed by atoms with E-state index in [-0.39, 0.29) is 10.3 Å². The first-order valence-corrected chi connectivity index (χ1v) is 17.0. The molecule has 45 heavy (non-hydrogen) atoms. The third kappa shape index (κ3) is 8.46. The van der Waals surface area contributed by atoms with Gasteiger partial charge in [-0.25, -0.2) is 29.9 Å². The maximum atomic E-state index is 6.00. The average Bonchev–Trinajstić information content (AvgIpc) is 3.62. The number of nitrogens with zero attached hydrogens (tertiary/aromatic N) is 6. The SMILES string of the molecule is Clc1nccnc1Cl.Clc1nccnc1NC1CC(Nc2nc3ccccc3s2)C1.NC1CC(Nc2nc3ccccc3s2)C1. The van der Waals surface area contributed by atoms with Crippen LogP contribution in [0.15, 0.2) is 73.3 Å². The highest BCUT2D eigenvalue weighted by Gasteiger charge is 2.30. The van der Waals surface area contributed by atoms with Crippen molar-refractivity contribution in [2.45, 2.75) is 49.9 Å². The summed E-state index contributed by atoms with van der Waals surface area (Å²) < 4.78 is 2.45. The van der Waals surface area contributed by atoms with Crippen LogP contribution >= 0.6 is 57.5 Å². The van der Waals surface area contributed by atoms with Gasteiger partial charge in [0.25, 0.3) is 0 Å². The van der Waals surface area contributed by atoms with E-state index < -0.39 is 0 Å². The summed E-state index contributed by atoms with van der Waals surface area (Å²) in [5.74, 6) is 0.660. The van der Waals surface area contributed by atoms with Gasteiger partial charge in [-0.15, -0.1) is 0 Å². The molecule has 0 amide bonds. The third-order valence-electron chi connectivity index (χ3n) is 7.16. The Morgan fingerprint density at radius 3 is 1.49 bits per heavy atom. The maximum absolute atomic E-state index is 6.00. The van der Waals surface area contributed by atoms with Crippen molar-refractivity contribution < 1.29 is 0 Å². The molecule has 2 fully saturated rings. The van der Waals surface area contributed by atoms with Crippen LogP contribution in [0.1, 0.15) is 25.7 Å². The molecule has 0 aliphatic heterocycles. The lowest BCUT2D eigenvalue weighted by atomic mass is 9.87. The van der Waals surface area contributed by atoms with Gasteiger partial charge in [-0.1, -0.05) is 81.7 Å². The van der Waals surface area contributed by atoms with Crippen LogP contribution in [-0.4, -0.2) is 54.1 Å². The fourth-order valence-electron chi connectivity index (χ4n) is 4.77. The fourth-order valence-corrected chi connectivity index (χ4v) is 7.02. The van der Waals surface area contributed by atoms with Crippen LogP contribution < -0.4 is 21.7 Å². The second-order valence-electron chi connectivity index (χ2n) is 10.5. The zero-order chi connectivity index (χ0) is 31.2. The summed E-state index contributed by atoms with van der Waals surface area (Å²) in [6, 6.07) is 18.1. The fraction of sp³-hybridized carbons (Fsp3) is 0.267. The zero-order valence-electron chi connectivity index (χ0n) is 23.8. The van der Waals surface area contributed by atoms with Crippen LogP contribution in [-0.2, 0) is 0 Å². The van der Waals surface area contributed by atoms with Crippen LogP contribution in [0, 0.1) is 0 Å². The van der Waals surface area contributed by atoms with Gasteiger partial charge in [0.2, 0.25) is 0 Å². The second kappa shape index (κ2) is 14.8. The Morgan fingerprint density at radius 2 is 1.02 bits per heavy atom. The summed E-state index contributed by atoms with van der Waals surface area (Å²) in [6.07, 6.45) is 10.4. The summed E-state index contributed by atoms with van der Waals surface area (Å²) in [7, 11) is 0. The molecule has 0 bridgehead atoms. The van der Waals surface area contributed by atoms with Gasteiger partial charge in [-0.05, 0) is 49.9 Å². The normalized spacial score (nSPS) is 20.1. The molecule has 5 N–H and O–H groups in total. The molecule has 2 aromatic carbocycles. The molecule has 4 heterocycles. The predicted octanol–water partition coefficient (Wildman–Crippen LogP) is 7.78. The van der Waals surface area contributed by atoms with Crippen LogP contribution in [0.25, 0.3) is 20.4 Å². The number of rotatable bonds is 6. The van der Waals surface area contributed by atoms with E-state index in [0.29, 0.717) is 35.1 Å². The lowest BCUT2D eigenvalue weighted by Crippen LogP contribution is -2.44. The van der Waals surface area contributed by atoms with Gasteiger partial charge < -0.3 is 21.7 Å². The maximum Gasteiger partial charge on any atom is 0.184 e. The third-order valence-corrected chi connectivity index (χ3v) is 10.0. The van der Waals surface area contributed by atoms with E-state index in [1.807, 2.05) is 36.4 Å². The van der Waals surface area contributed by atoms with E-state index in [0.717, 1.165) is 47.0 Å². The first-order valence-electron chi connectivity index (χ1n) is 14.2. The Kier molecular flexibility index (Phi) is 10.4. The van der Waals surface area contributed by atoms with Crippen LogP contribution in [0.4, 0.5) is 16.1 Å². The quantitative estimate of drug-likeness (QED) is 0.136. The molecule has 0 atom stereocenters.